The molecule has 0 unspecified atom stereocenters. The lowest BCUT2D eigenvalue weighted by molar-refractivity contribution is 0.251. The molecule has 134 valence electrons. The van der Waals surface area contributed by atoms with Crippen molar-refractivity contribution in [1.82, 2.24) is 5.32 Å². The van der Waals surface area contributed by atoms with Crippen molar-refractivity contribution in [3.05, 3.63) is 46.4 Å². The number of rotatable bonds is 7. The van der Waals surface area contributed by atoms with Gasteiger partial charge in [0, 0.05) is 28.3 Å². The van der Waals surface area contributed by atoms with E-state index < -0.39 is 0 Å². The Morgan fingerprint density at radius 3 is 2.36 bits per heavy atom. The van der Waals surface area contributed by atoms with Gasteiger partial charge in [-0.25, -0.2) is 4.79 Å². The lowest BCUT2D eigenvalue weighted by atomic mass is 10.1. The lowest BCUT2D eigenvalue weighted by Gasteiger charge is -2.15. The summed E-state index contributed by atoms with van der Waals surface area (Å²) in [6.45, 7) is 5.09. The van der Waals surface area contributed by atoms with E-state index in [0.717, 1.165) is 10.0 Å². The predicted octanol–water partition coefficient (Wildman–Crippen LogP) is 4.15. The molecule has 0 aliphatic rings. The summed E-state index contributed by atoms with van der Waals surface area (Å²) in [6, 6.07) is 10.5. The Bertz CT molecular complexity index is 720. The quantitative estimate of drug-likeness (QED) is 0.601. The highest BCUT2D eigenvalue weighted by molar-refractivity contribution is 9.10. The summed E-state index contributed by atoms with van der Waals surface area (Å²) in [5, 5.41) is 5.59. The van der Waals surface area contributed by atoms with E-state index in [9.17, 15) is 4.79 Å². The molecule has 0 aromatic heterocycles. The van der Waals surface area contributed by atoms with Gasteiger partial charge < -0.3 is 25.8 Å². The number of carbonyl (C=O) groups is 1. The van der Waals surface area contributed by atoms with Crippen LogP contribution in [0.4, 0.5) is 16.2 Å². The molecule has 6 nitrogen and oxygen atoms in total. The van der Waals surface area contributed by atoms with Crippen LogP contribution in [0.1, 0.15) is 19.4 Å². The summed E-state index contributed by atoms with van der Waals surface area (Å²) in [7, 11) is 0. The zero-order chi connectivity index (χ0) is 18.2. The van der Waals surface area contributed by atoms with E-state index in [1.165, 1.54) is 0 Å². The minimum atomic E-state index is -0.306. The van der Waals surface area contributed by atoms with Gasteiger partial charge in [0.1, 0.15) is 11.5 Å². The van der Waals surface area contributed by atoms with Crippen molar-refractivity contribution in [2.75, 3.05) is 24.3 Å². The largest absolute Gasteiger partial charge is 0.493 e. The van der Waals surface area contributed by atoms with Crippen LogP contribution < -0.4 is 25.8 Å². The molecule has 0 radical (unpaired) electrons. The summed E-state index contributed by atoms with van der Waals surface area (Å²) in [5.74, 6) is 1.21. The molecular formula is C18H22BrN3O3. The summed E-state index contributed by atoms with van der Waals surface area (Å²) in [5.41, 5.74) is 7.98. The number of amides is 2. The number of ether oxygens (including phenoxy) is 2. The third-order valence-corrected chi connectivity index (χ3v) is 3.86. The van der Waals surface area contributed by atoms with E-state index in [1.807, 2.05) is 38.1 Å². The first-order valence-electron chi connectivity index (χ1n) is 8.01. The van der Waals surface area contributed by atoms with Gasteiger partial charge in [0.2, 0.25) is 0 Å². The van der Waals surface area contributed by atoms with Crippen LogP contribution in [0.2, 0.25) is 0 Å². The highest BCUT2D eigenvalue weighted by Gasteiger charge is 2.11. The minimum Gasteiger partial charge on any atom is -0.493 e. The van der Waals surface area contributed by atoms with Crippen LogP contribution in [-0.4, -0.2) is 19.2 Å². The highest BCUT2D eigenvalue weighted by atomic mass is 79.9. The molecule has 0 heterocycles. The van der Waals surface area contributed by atoms with Crippen molar-refractivity contribution in [2.24, 2.45) is 0 Å². The first-order valence-corrected chi connectivity index (χ1v) is 8.81. The third kappa shape index (κ3) is 5.56. The molecule has 7 heteroatoms. The molecule has 0 aliphatic carbocycles. The maximum atomic E-state index is 12.1. The van der Waals surface area contributed by atoms with E-state index in [4.69, 9.17) is 15.2 Å². The van der Waals surface area contributed by atoms with Crippen molar-refractivity contribution in [1.29, 1.82) is 0 Å². The first kappa shape index (κ1) is 18.9. The minimum absolute atomic E-state index is 0.290. The van der Waals surface area contributed by atoms with Crippen LogP contribution in [0, 0.1) is 0 Å². The van der Waals surface area contributed by atoms with E-state index in [1.54, 1.807) is 12.1 Å². The van der Waals surface area contributed by atoms with Crippen LogP contribution in [-0.2, 0) is 6.54 Å². The summed E-state index contributed by atoms with van der Waals surface area (Å²) >= 11 is 3.36. The number of nitrogens with one attached hydrogen (secondary N) is 2. The predicted molar refractivity (Wildman–Crippen MR) is 103 cm³/mol. The SMILES string of the molecule is CCOc1cc(CNC(=O)Nc2ccc(Br)cc2)c(OCC)cc1N. The number of hydrogen-bond donors (Lipinski definition) is 3. The zero-order valence-electron chi connectivity index (χ0n) is 14.3. The molecule has 0 spiro atoms. The normalized spacial score (nSPS) is 10.2. The second kappa shape index (κ2) is 9.17. The van der Waals surface area contributed by atoms with Crippen LogP contribution in [0.25, 0.3) is 0 Å². The van der Waals surface area contributed by atoms with Gasteiger partial charge in [0.15, 0.2) is 0 Å². The Kier molecular flexibility index (Phi) is 6.94. The fraction of sp³-hybridized carbons (Fsp3) is 0.278. The van der Waals surface area contributed by atoms with Crippen molar-refractivity contribution < 1.29 is 14.3 Å². The van der Waals surface area contributed by atoms with Crippen molar-refractivity contribution in [2.45, 2.75) is 20.4 Å². The van der Waals surface area contributed by atoms with Gasteiger partial charge in [0.25, 0.3) is 0 Å². The standard InChI is InChI=1S/C18H22BrN3O3/c1-3-24-16-10-15(20)17(25-4-2)9-12(16)11-21-18(23)22-14-7-5-13(19)6-8-14/h5-10H,3-4,11,20H2,1-2H3,(H2,21,22,23). The molecule has 2 amide bonds. The van der Waals surface area contributed by atoms with Gasteiger partial charge >= 0.3 is 6.03 Å². The molecular weight excluding hydrogens is 386 g/mol. The second-order valence-electron chi connectivity index (χ2n) is 5.18. The fourth-order valence-corrected chi connectivity index (χ4v) is 2.47. The van der Waals surface area contributed by atoms with Gasteiger partial charge in [-0.2, -0.15) is 0 Å². The molecule has 2 aromatic rings. The van der Waals surface area contributed by atoms with Crippen molar-refractivity contribution in [3.63, 3.8) is 0 Å². The molecule has 0 atom stereocenters. The number of urea groups is 1. The number of carbonyl (C=O) groups excluding carboxylic acids is 1. The maximum absolute atomic E-state index is 12.1. The average Bonchev–Trinajstić information content (AvgIpc) is 2.58. The van der Waals surface area contributed by atoms with Gasteiger partial charge in [0.05, 0.1) is 18.9 Å². The number of hydrogen-bond acceptors (Lipinski definition) is 4. The van der Waals surface area contributed by atoms with Crippen molar-refractivity contribution >= 4 is 33.3 Å². The molecule has 0 saturated heterocycles. The molecule has 0 aliphatic heterocycles. The van der Waals surface area contributed by atoms with Gasteiger partial charge in [-0.15, -0.1) is 0 Å². The van der Waals surface area contributed by atoms with Gasteiger partial charge in [-0.3, -0.25) is 0 Å². The summed E-state index contributed by atoms with van der Waals surface area (Å²) in [6.07, 6.45) is 0. The number of nitrogens with two attached hydrogens (primary N) is 1. The Balaban J connectivity index is 2.05. The molecule has 2 aromatic carbocycles. The Labute approximate surface area is 155 Å². The van der Waals surface area contributed by atoms with Crippen LogP contribution >= 0.6 is 15.9 Å². The molecule has 0 bridgehead atoms. The Hall–Kier alpha value is -2.41. The number of halogens is 1. The number of nitrogen functional groups attached to an aromatic ring is 1. The monoisotopic (exact) mass is 407 g/mol. The van der Waals surface area contributed by atoms with E-state index in [-0.39, 0.29) is 12.6 Å². The Morgan fingerprint density at radius 2 is 1.72 bits per heavy atom. The van der Waals surface area contributed by atoms with E-state index in [0.29, 0.717) is 36.1 Å². The summed E-state index contributed by atoms with van der Waals surface area (Å²) < 4.78 is 12.1. The molecule has 0 saturated carbocycles. The number of benzene rings is 2. The topological polar surface area (TPSA) is 85.6 Å². The third-order valence-electron chi connectivity index (χ3n) is 3.33. The van der Waals surface area contributed by atoms with Crippen LogP contribution in [0.15, 0.2) is 40.9 Å². The molecule has 0 fully saturated rings. The summed E-state index contributed by atoms with van der Waals surface area (Å²) in [4.78, 5) is 12.1. The van der Waals surface area contributed by atoms with Gasteiger partial charge in [-0.1, -0.05) is 15.9 Å². The maximum Gasteiger partial charge on any atom is 0.319 e. The average molecular weight is 408 g/mol. The highest BCUT2D eigenvalue weighted by Crippen LogP contribution is 2.31. The second-order valence-corrected chi connectivity index (χ2v) is 6.09. The smallest absolute Gasteiger partial charge is 0.319 e. The first-order chi connectivity index (χ1) is 12.0. The van der Waals surface area contributed by atoms with E-state index >= 15 is 0 Å². The zero-order valence-corrected chi connectivity index (χ0v) is 15.9. The Morgan fingerprint density at radius 1 is 1.08 bits per heavy atom. The van der Waals surface area contributed by atoms with Crippen LogP contribution in [0.5, 0.6) is 11.5 Å². The van der Waals surface area contributed by atoms with Crippen molar-refractivity contribution in [3.8, 4) is 11.5 Å². The fourth-order valence-electron chi connectivity index (χ4n) is 2.21. The van der Waals surface area contributed by atoms with Gasteiger partial charge in [-0.05, 0) is 44.2 Å². The molecule has 2 rings (SSSR count). The van der Waals surface area contributed by atoms with Crippen LogP contribution in [0.3, 0.4) is 0 Å². The molecule has 4 N–H and O–H groups in total. The number of anilines is 2. The molecule has 25 heavy (non-hydrogen) atoms. The van der Waals surface area contributed by atoms with E-state index in [2.05, 4.69) is 26.6 Å². The lowest BCUT2D eigenvalue weighted by Crippen LogP contribution is -2.28.